The lowest BCUT2D eigenvalue weighted by atomic mass is 10.3. The zero-order valence-corrected chi connectivity index (χ0v) is 13.0. The predicted octanol–water partition coefficient (Wildman–Crippen LogP) is 2.81. The second-order valence-electron chi connectivity index (χ2n) is 4.84. The highest BCUT2D eigenvalue weighted by Gasteiger charge is 2.27. The average molecular weight is 311 g/mol. The van der Waals surface area contributed by atoms with Crippen molar-refractivity contribution in [3.8, 4) is 0 Å². The number of thiophene rings is 1. The lowest BCUT2D eigenvalue weighted by Crippen LogP contribution is -2.43. The monoisotopic (exact) mass is 311 g/mol. The van der Waals surface area contributed by atoms with Crippen LogP contribution in [-0.4, -0.2) is 45.5 Å². The average Bonchev–Trinajstić information content (AvgIpc) is 2.83. The molecule has 2 heterocycles. The van der Waals surface area contributed by atoms with Crippen molar-refractivity contribution >= 4 is 41.1 Å². The molecule has 1 amide bonds. The largest absolute Gasteiger partial charge is 0.478 e. The lowest BCUT2D eigenvalue weighted by Gasteiger charge is -2.34. The minimum atomic E-state index is -0.984. The summed E-state index contributed by atoms with van der Waals surface area (Å²) in [5, 5.41) is 9.50. The molecule has 6 heteroatoms. The molecule has 108 valence electrons. The number of thioether (sulfide) groups is 1. The van der Waals surface area contributed by atoms with Crippen molar-refractivity contribution < 1.29 is 14.7 Å². The first-order valence-corrected chi connectivity index (χ1v) is 8.17. The van der Waals surface area contributed by atoms with E-state index in [9.17, 15) is 9.59 Å². The summed E-state index contributed by atoms with van der Waals surface area (Å²) in [6.07, 6.45) is 2.60. The van der Waals surface area contributed by atoms with E-state index in [1.54, 1.807) is 12.1 Å². The van der Waals surface area contributed by atoms with Crippen molar-refractivity contribution in [1.82, 2.24) is 4.90 Å². The van der Waals surface area contributed by atoms with Gasteiger partial charge in [-0.05, 0) is 18.2 Å². The molecule has 0 aliphatic carbocycles. The molecule has 0 radical (unpaired) electrons. The molecular weight excluding hydrogens is 294 g/mol. The Morgan fingerprint density at radius 2 is 1.95 bits per heavy atom. The minimum Gasteiger partial charge on any atom is -0.478 e. The number of carbonyl (C=O) groups excluding carboxylic acids is 1. The third kappa shape index (κ3) is 3.86. The van der Waals surface area contributed by atoms with Gasteiger partial charge in [0.15, 0.2) is 0 Å². The van der Waals surface area contributed by atoms with Crippen LogP contribution in [0.2, 0.25) is 0 Å². The van der Waals surface area contributed by atoms with Crippen LogP contribution < -0.4 is 0 Å². The third-order valence-electron chi connectivity index (χ3n) is 2.93. The predicted molar refractivity (Wildman–Crippen MR) is 83.4 cm³/mol. The fourth-order valence-electron chi connectivity index (χ4n) is 2.21. The Bertz CT molecular complexity index is 528. The molecule has 0 spiro atoms. The van der Waals surface area contributed by atoms with Gasteiger partial charge >= 0.3 is 5.97 Å². The zero-order valence-electron chi connectivity index (χ0n) is 11.4. The first-order chi connectivity index (χ1) is 9.45. The summed E-state index contributed by atoms with van der Waals surface area (Å²) in [6, 6.07) is 3.55. The zero-order chi connectivity index (χ0) is 14.7. The molecule has 1 aliphatic rings. The number of hydrogen-bond donors (Lipinski definition) is 1. The van der Waals surface area contributed by atoms with Gasteiger partial charge in [-0.3, -0.25) is 4.79 Å². The molecule has 2 atom stereocenters. The van der Waals surface area contributed by atoms with E-state index in [4.69, 9.17) is 5.11 Å². The van der Waals surface area contributed by atoms with Crippen molar-refractivity contribution in [2.45, 2.75) is 24.3 Å². The number of carboxylic acids is 1. The molecule has 0 bridgehead atoms. The molecule has 1 saturated heterocycles. The first kappa shape index (κ1) is 15.1. The van der Waals surface area contributed by atoms with Crippen molar-refractivity contribution in [2.75, 3.05) is 13.1 Å². The Kier molecular flexibility index (Phi) is 4.88. The Labute approximate surface area is 126 Å². The van der Waals surface area contributed by atoms with Crippen molar-refractivity contribution in [1.29, 1.82) is 0 Å². The smallest absolute Gasteiger partial charge is 0.328 e. The van der Waals surface area contributed by atoms with Crippen molar-refractivity contribution in [3.05, 3.63) is 28.0 Å². The van der Waals surface area contributed by atoms with Gasteiger partial charge in [-0.15, -0.1) is 11.3 Å². The molecule has 1 aliphatic heterocycles. The molecule has 0 aromatic carbocycles. The van der Waals surface area contributed by atoms with Crippen LogP contribution in [0, 0.1) is 0 Å². The van der Waals surface area contributed by atoms with Crippen LogP contribution in [-0.2, 0) is 4.79 Å². The highest BCUT2D eigenvalue weighted by atomic mass is 32.2. The number of rotatable bonds is 3. The van der Waals surface area contributed by atoms with Gasteiger partial charge in [-0.25, -0.2) is 4.79 Å². The summed E-state index contributed by atoms with van der Waals surface area (Å²) in [5.41, 5.74) is 0. The first-order valence-electron chi connectivity index (χ1n) is 6.41. The summed E-state index contributed by atoms with van der Waals surface area (Å²) >= 11 is 3.24. The Morgan fingerprint density at radius 3 is 2.55 bits per heavy atom. The topological polar surface area (TPSA) is 57.6 Å². The van der Waals surface area contributed by atoms with Gasteiger partial charge in [0.1, 0.15) is 0 Å². The van der Waals surface area contributed by atoms with Gasteiger partial charge in [-0.1, -0.05) is 13.8 Å². The quantitative estimate of drug-likeness (QED) is 0.872. The SMILES string of the molecule is CC1CN(C(=O)c2ccc(C=CC(=O)O)s2)CC(C)S1. The molecule has 1 fully saturated rings. The molecule has 1 aromatic rings. The van der Waals surface area contributed by atoms with Crippen LogP contribution >= 0.6 is 23.1 Å². The van der Waals surface area contributed by atoms with E-state index >= 15 is 0 Å². The number of amides is 1. The van der Waals surface area contributed by atoms with E-state index in [1.165, 1.54) is 17.4 Å². The normalized spacial score (nSPS) is 23.2. The maximum Gasteiger partial charge on any atom is 0.328 e. The van der Waals surface area contributed by atoms with Crippen LogP contribution in [0.5, 0.6) is 0 Å². The third-order valence-corrected chi connectivity index (χ3v) is 5.20. The van der Waals surface area contributed by atoms with Gasteiger partial charge in [0.25, 0.3) is 5.91 Å². The van der Waals surface area contributed by atoms with Crippen LogP contribution in [0.25, 0.3) is 6.08 Å². The summed E-state index contributed by atoms with van der Waals surface area (Å²) in [6.45, 7) is 5.81. The molecule has 4 nitrogen and oxygen atoms in total. The fourth-order valence-corrected chi connectivity index (χ4v) is 4.41. The molecule has 2 unspecified atom stereocenters. The van der Waals surface area contributed by atoms with Gasteiger partial charge < -0.3 is 10.0 Å². The van der Waals surface area contributed by atoms with Crippen LogP contribution in [0.4, 0.5) is 0 Å². The second-order valence-corrected chi connectivity index (χ2v) is 7.84. The van der Waals surface area contributed by atoms with E-state index in [0.29, 0.717) is 15.4 Å². The Hall–Kier alpha value is -1.27. The highest BCUT2D eigenvalue weighted by molar-refractivity contribution is 8.00. The van der Waals surface area contributed by atoms with E-state index in [0.717, 1.165) is 24.0 Å². The molecule has 1 aromatic heterocycles. The Morgan fingerprint density at radius 1 is 1.30 bits per heavy atom. The molecule has 0 saturated carbocycles. The van der Waals surface area contributed by atoms with Gasteiger partial charge in [0.2, 0.25) is 0 Å². The summed E-state index contributed by atoms with van der Waals surface area (Å²) in [5.74, 6) is -0.939. The van der Waals surface area contributed by atoms with Crippen molar-refractivity contribution in [2.24, 2.45) is 0 Å². The highest BCUT2D eigenvalue weighted by Crippen LogP contribution is 2.27. The summed E-state index contributed by atoms with van der Waals surface area (Å²) < 4.78 is 0. The maximum absolute atomic E-state index is 12.4. The van der Waals surface area contributed by atoms with E-state index in [2.05, 4.69) is 13.8 Å². The lowest BCUT2D eigenvalue weighted by molar-refractivity contribution is -0.131. The summed E-state index contributed by atoms with van der Waals surface area (Å²) in [4.78, 5) is 26.2. The van der Waals surface area contributed by atoms with Crippen molar-refractivity contribution in [3.63, 3.8) is 0 Å². The number of nitrogens with zero attached hydrogens (tertiary/aromatic N) is 1. The number of carboxylic acid groups (broad SMARTS) is 1. The maximum atomic E-state index is 12.4. The summed E-state index contributed by atoms with van der Waals surface area (Å²) in [7, 11) is 0. The van der Waals surface area contributed by atoms with Crippen LogP contribution in [0.3, 0.4) is 0 Å². The molecule has 1 N–H and O–H groups in total. The van der Waals surface area contributed by atoms with Gasteiger partial charge in [0, 0.05) is 34.5 Å². The fraction of sp³-hybridized carbons (Fsp3) is 0.429. The molecule has 2 rings (SSSR count). The van der Waals surface area contributed by atoms with E-state index in [1.807, 2.05) is 16.7 Å². The van der Waals surface area contributed by atoms with E-state index in [-0.39, 0.29) is 5.91 Å². The van der Waals surface area contributed by atoms with Crippen LogP contribution in [0.1, 0.15) is 28.4 Å². The van der Waals surface area contributed by atoms with Crippen LogP contribution in [0.15, 0.2) is 18.2 Å². The molecular formula is C14H17NO3S2. The number of hydrogen-bond acceptors (Lipinski definition) is 4. The second kappa shape index (κ2) is 6.45. The van der Waals surface area contributed by atoms with Gasteiger partial charge in [-0.2, -0.15) is 11.8 Å². The van der Waals surface area contributed by atoms with E-state index < -0.39 is 5.97 Å². The van der Waals surface area contributed by atoms with Gasteiger partial charge in [0.05, 0.1) is 4.88 Å². The molecule has 20 heavy (non-hydrogen) atoms. The number of aliphatic carboxylic acids is 1. The minimum absolute atomic E-state index is 0.0453. The standard InChI is InChI=1S/C14H17NO3S2/c1-9-7-15(8-10(2)19-9)14(18)12-5-3-11(20-12)4-6-13(16)17/h3-6,9-10H,7-8H2,1-2H3,(H,16,17). The number of carbonyl (C=O) groups is 2. The Balaban J connectivity index is 2.07.